The fraction of sp³-hybridized carbons (Fsp3) is 0.278. The van der Waals surface area contributed by atoms with Crippen molar-refractivity contribution in [3.63, 3.8) is 0 Å². The van der Waals surface area contributed by atoms with Gasteiger partial charge in [-0.1, -0.05) is 23.7 Å². The number of nitrogens with one attached hydrogen (secondary N) is 1. The van der Waals surface area contributed by atoms with Gasteiger partial charge in [0.1, 0.15) is 5.75 Å². The van der Waals surface area contributed by atoms with Crippen molar-refractivity contribution in [2.75, 3.05) is 22.4 Å². The molecule has 0 saturated heterocycles. The van der Waals surface area contributed by atoms with Gasteiger partial charge in [-0.2, -0.15) is 0 Å². The molecule has 1 aliphatic heterocycles. The largest absolute Gasteiger partial charge is 0.476 e. The van der Waals surface area contributed by atoms with E-state index in [9.17, 15) is 13.2 Å². The smallest absolute Gasteiger partial charge is 0.267 e. The van der Waals surface area contributed by atoms with E-state index in [2.05, 4.69) is 5.32 Å². The highest BCUT2D eigenvalue weighted by molar-refractivity contribution is 7.92. The first-order chi connectivity index (χ1) is 12.2. The van der Waals surface area contributed by atoms with Gasteiger partial charge >= 0.3 is 0 Å². The fourth-order valence-electron chi connectivity index (χ4n) is 2.77. The van der Waals surface area contributed by atoms with E-state index in [1.807, 2.05) is 26.0 Å². The summed E-state index contributed by atoms with van der Waals surface area (Å²) in [5, 5.41) is 3.21. The summed E-state index contributed by atoms with van der Waals surface area (Å²) in [5.74, 6) is -0.111. The van der Waals surface area contributed by atoms with Gasteiger partial charge in [0.25, 0.3) is 5.91 Å². The topological polar surface area (TPSA) is 75.7 Å². The molecule has 1 heterocycles. The Hall–Kier alpha value is -2.25. The zero-order chi connectivity index (χ0) is 19.1. The first-order valence-corrected chi connectivity index (χ1v) is 10.2. The molecule has 26 heavy (non-hydrogen) atoms. The molecule has 0 bridgehead atoms. The van der Waals surface area contributed by atoms with Crippen molar-refractivity contribution in [3.8, 4) is 5.75 Å². The number of halogens is 1. The van der Waals surface area contributed by atoms with Gasteiger partial charge in [-0.05, 0) is 49.2 Å². The zero-order valence-electron chi connectivity index (χ0n) is 14.6. The highest BCUT2D eigenvalue weighted by Gasteiger charge is 2.35. The number of ether oxygens (including phenoxy) is 1. The molecule has 0 saturated carbocycles. The molecule has 2 aromatic rings. The summed E-state index contributed by atoms with van der Waals surface area (Å²) in [6, 6.07) is 10.3. The lowest BCUT2D eigenvalue weighted by molar-refractivity contribution is -0.122. The van der Waals surface area contributed by atoms with Crippen molar-refractivity contribution in [3.05, 3.63) is 52.5 Å². The van der Waals surface area contributed by atoms with Crippen molar-refractivity contribution in [1.29, 1.82) is 0 Å². The molecule has 0 spiro atoms. The molecule has 1 unspecified atom stereocenters. The van der Waals surface area contributed by atoms with Crippen molar-refractivity contribution >= 4 is 38.9 Å². The Morgan fingerprint density at radius 2 is 2.00 bits per heavy atom. The normalized spacial score (nSPS) is 16.6. The Morgan fingerprint density at radius 3 is 2.69 bits per heavy atom. The Bertz CT molecular complexity index is 975. The summed E-state index contributed by atoms with van der Waals surface area (Å²) in [5.41, 5.74) is 3.00. The van der Waals surface area contributed by atoms with Crippen LogP contribution in [0.25, 0.3) is 0 Å². The van der Waals surface area contributed by atoms with Crippen molar-refractivity contribution in [2.24, 2.45) is 0 Å². The highest BCUT2D eigenvalue weighted by Crippen LogP contribution is 2.37. The molecular formula is C18H19ClN2O4S. The molecule has 2 aromatic carbocycles. The van der Waals surface area contributed by atoms with Gasteiger partial charge in [-0.15, -0.1) is 0 Å². The molecule has 0 aromatic heterocycles. The van der Waals surface area contributed by atoms with E-state index in [4.69, 9.17) is 16.3 Å². The van der Waals surface area contributed by atoms with Gasteiger partial charge in [-0.3, -0.25) is 9.10 Å². The van der Waals surface area contributed by atoms with Gasteiger partial charge in [0.15, 0.2) is 6.10 Å². The van der Waals surface area contributed by atoms with Crippen LogP contribution in [0.15, 0.2) is 36.4 Å². The monoisotopic (exact) mass is 394 g/mol. The summed E-state index contributed by atoms with van der Waals surface area (Å²) >= 11 is 5.97. The SMILES string of the molecule is Cc1cccc(NC(=O)C2CN(S(C)(=O)=O)c3cc(Cl)ccc3O2)c1C. The van der Waals surface area contributed by atoms with Crippen LogP contribution in [0.1, 0.15) is 11.1 Å². The predicted octanol–water partition coefficient (Wildman–Crippen LogP) is 3.12. The minimum Gasteiger partial charge on any atom is -0.476 e. The molecular weight excluding hydrogens is 376 g/mol. The Morgan fingerprint density at radius 1 is 1.27 bits per heavy atom. The standard InChI is InChI=1S/C18H19ClN2O4S/c1-11-5-4-6-14(12(11)2)20-18(22)17-10-21(26(3,23)24)15-9-13(19)7-8-16(15)25-17/h4-9,17H,10H2,1-3H3,(H,20,22). The minimum atomic E-state index is -3.60. The number of carbonyl (C=O) groups is 1. The highest BCUT2D eigenvalue weighted by atomic mass is 35.5. The maximum Gasteiger partial charge on any atom is 0.267 e. The van der Waals surface area contributed by atoms with Crippen LogP contribution in [0.5, 0.6) is 5.75 Å². The van der Waals surface area contributed by atoms with Crippen LogP contribution in [0, 0.1) is 13.8 Å². The summed E-state index contributed by atoms with van der Waals surface area (Å²) < 4.78 is 31.2. The first-order valence-electron chi connectivity index (χ1n) is 7.98. The van der Waals surface area contributed by atoms with E-state index in [-0.39, 0.29) is 6.54 Å². The van der Waals surface area contributed by atoms with Crippen LogP contribution >= 0.6 is 11.6 Å². The number of anilines is 2. The van der Waals surface area contributed by atoms with Crippen LogP contribution in [-0.2, 0) is 14.8 Å². The predicted molar refractivity (Wildman–Crippen MR) is 103 cm³/mol. The number of sulfonamides is 1. The summed E-state index contributed by atoms with van der Waals surface area (Å²) in [4.78, 5) is 12.7. The lowest BCUT2D eigenvalue weighted by Gasteiger charge is -2.34. The quantitative estimate of drug-likeness (QED) is 0.867. The third kappa shape index (κ3) is 3.64. The molecule has 0 radical (unpaired) electrons. The average molecular weight is 395 g/mol. The molecule has 138 valence electrons. The second kappa shape index (κ2) is 6.81. The fourth-order valence-corrected chi connectivity index (χ4v) is 3.85. The number of hydrogen-bond donors (Lipinski definition) is 1. The Kier molecular flexibility index (Phi) is 4.86. The summed E-state index contributed by atoms with van der Waals surface area (Å²) in [6.07, 6.45) is 0.112. The third-order valence-electron chi connectivity index (χ3n) is 4.35. The molecule has 1 aliphatic rings. The van der Waals surface area contributed by atoms with E-state index < -0.39 is 22.0 Å². The minimum absolute atomic E-state index is 0.122. The molecule has 1 N–H and O–H groups in total. The maximum absolute atomic E-state index is 12.7. The molecule has 0 fully saturated rings. The lowest BCUT2D eigenvalue weighted by atomic mass is 10.1. The summed E-state index contributed by atoms with van der Waals surface area (Å²) in [6.45, 7) is 3.74. The van der Waals surface area contributed by atoms with Gasteiger partial charge < -0.3 is 10.1 Å². The maximum atomic E-state index is 12.7. The zero-order valence-corrected chi connectivity index (χ0v) is 16.2. The second-order valence-electron chi connectivity index (χ2n) is 6.25. The van der Waals surface area contributed by atoms with E-state index in [1.54, 1.807) is 18.2 Å². The number of carbonyl (C=O) groups excluding carboxylic acids is 1. The van der Waals surface area contributed by atoms with Crippen molar-refractivity contribution < 1.29 is 17.9 Å². The van der Waals surface area contributed by atoms with Crippen LogP contribution in [0.3, 0.4) is 0 Å². The number of hydrogen-bond acceptors (Lipinski definition) is 4. The summed E-state index contributed by atoms with van der Waals surface area (Å²) in [7, 11) is -3.60. The Labute approximate surface area is 157 Å². The van der Waals surface area contributed by atoms with Gasteiger partial charge in [0, 0.05) is 10.7 Å². The molecule has 1 amide bonds. The van der Waals surface area contributed by atoms with Crippen LogP contribution in [0.2, 0.25) is 5.02 Å². The second-order valence-corrected chi connectivity index (χ2v) is 8.59. The molecule has 6 nitrogen and oxygen atoms in total. The number of amides is 1. The Balaban J connectivity index is 1.91. The van der Waals surface area contributed by atoms with Crippen molar-refractivity contribution in [2.45, 2.75) is 20.0 Å². The van der Waals surface area contributed by atoms with E-state index in [0.717, 1.165) is 21.7 Å². The number of fused-ring (bicyclic) bond motifs is 1. The first kappa shape index (κ1) is 18.5. The van der Waals surface area contributed by atoms with Crippen LogP contribution in [0.4, 0.5) is 11.4 Å². The van der Waals surface area contributed by atoms with Gasteiger partial charge in [0.05, 0.1) is 18.5 Å². The third-order valence-corrected chi connectivity index (χ3v) is 5.73. The molecule has 8 heteroatoms. The van der Waals surface area contributed by atoms with E-state index >= 15 is 0 Å². The lowest BCUT2D eigenvalue weighted by Crippen LogP contribution is -2.48. The van der Waals surface area contributed by atoms with E-state index in [0.29, 0.717) is 22.1 Å². The van der Waals surface area contributed by atoms with Gasteiger partial charge in [-0.25, -0.2) is 8.42 Å². The average Bonchev–Trinajstić information content (AvgIpc) is 2.57. The van der Waals surface area contributed by atoms with Gasteiger partial charge in [0.2, 0.25) is 10.0 Å². The van der Waals surface area contributed by atoms with Crippen LogP contribution < -0.4 is 14.4 Å². The van der Waals surface area contributed by atoms with Crippen LogP contribution in [-0.4, -0.2) is 33.2 Å². The molecule has 3 rings (SSSR count). The van der Waals surface area contributed by atoms with Crippen molar-refractivity contribution in [1.82, 2.24) is 0 Å². The molecule has 1 atom stereocenters. The number of aryl methyl sites for hydroxylation is 1. The number of rotatable bonds is 3. The number of nitrogens with zero attached hydrogens (tertiary/aromatic N) is 1. The molecule has 0 aliphatic carbocycles. The number of benzene rings is 2. The van der Waals surface area contributed by atoms with E-state index in [1.165, 1.54) is 6.07 Å².